The van der Waals surface area contributed by atoms with Crippen molar-refractivity contribution in [2.45, 2.75) is 6.18 Å². The van der Waals surface area contributed by atoms with Crippen LogP contribution in [-0.2, 0) is 11.0 Å². The molecule has 1 N–H and O–H groups in total. The van der Waals surface area contributed by atoms with E-state index in [0.29, 0.717) is 10.2 Å². The summed E-state index contributed by atoms with van der Waals surface area (Å²) < 4.78 is 37.8. The number of rotatable bonds is 2. The smallest absolute Gasteiger partial charge is 0.301 e. The second-order valence-corrected chi connectivity index (χ2v) is 4.68. The van der Waals surface area contributed by atoms with Gasteiger partial charge in [0.1, 0.15) is 5.88 Å². The van der Waals surface area contributed by atoms with Crippen molar-refractivity contribution in [3.05, 3.63) is 23.8 Å². The van der Waals surface area contributed by atoms with E-state index in [1.165, 1.54) is 6.07 Å². The standard InChI is InChI=1S/C10H6ClF3N2OS/c11-4-8(17)16-9-15-6-2-1-5(10(12,13)14)3-7(6)18-9/h1-3H,4H2,(H,15,16,17). The zero-order valence-corrected chi connectivity index (χ0v) is 10.3. The summed E-state index contributed by atoms with van der Waals surface area (Å²) in [6.07, 6.45) is -4.39. The molecular weight excluding hydrogens is 289 g/mol. The number of nitrogens with one attached hydrogen (secondary N) is 1. The molecule has 1 amide bonds. The summed E-state index contributed by atoms with van der Waals surface area (Å²) in [6, 6.07) is 3.23. The number of anilines is 1. The molecule has 0 aliphatic heterocycles. The molecule has 0 atom stereocenters. The summed E-state index contributed by atoms with van der Waals surface area (Å²) in [5.74, 6) is -0.684. The van der Waals surface area contributed by atoms with Gasteiger partial charge in [-0.2, -0.15) is 13.2 Å². The Morgan fingerprint density at radius 1 is 1.44 bits per heavy atom. The lowest BCUT2D eigenvalue weighted by Crippen LogP contribution is -2.11. The van der Waals surface area contributed by atoms with E-state index in [4.69, 9.17) is 11.6 Å². The van der Waals surface area contributed by atoms with Crippen LogP contribution in [0.15, 0.2) is 18.2 Å². The summed E-state index contributed by atoms with van der Waals surface area (Å²) in [4.78, 5) is 15.0. The quantitative estimate of drug-likeness (QED) is 0.862. The molecule has 96 valence electrons. The Kier molecular flexibility index (Phi) is 3.45. The molecule has 2 rings (SSSR count). The number of alkyl halides is 4. The minimum Gasteiger partial charge on any atom is -0.301 e. The number of carbonyl (C=O) groups excluding carboxylic acids is 1. The van der Waals surface area contributed by atoms with E-state index in [9.17, 15) is 18.0 Å². The van der Waals surface area contributed by atoms with E-state index >= 15 is 0 Å². The number of halogens is 4. The second kappa shape index (κ2) is 4.74. The van der Waals surface area contributed by atoms with Gasteiger partial charge in [-0.1, -0.05) is 11.3 Å². The molecule has 0 spiro atoms. The fraction of sp³-hybridized carbons (Fsp3) is 0.200. The number of thiazole rings is 1. The van der Waals surface area contributed by atoms with Crippen molar-refractivity contribution in [2.24, 2.45) is 0 Å². The first-order valence-corrected chi connectivity index (χ1v) is 6.09. The van der Waals surface area contributed by atoms with Crippen LogP contribution in [0.3, 0.4) is 0 Å². The molecule has 8 heteroatoms. The van der Waals surface area contributed by atoms with E-state index in [1.54, 1.807) is 0 Å². The molecule has 3 nitrogen and oxygen atoms in total. The van der Waals surface area contributed by atoms with Gasteiger partial charge in [-0.05, 0) is 18.2 Å². The predicted molar refractivity (Wildman–Crippen MR) is 64.0 cm³/mol. The fourth-order valence-electron chi connectivity index (χ4n) is 1.31. The number of amides is 1. The Bertz CT molecular complexity index is 596. The molecule has 1 heterocycles. The SMILES string of the molecule is O=C(CCl)Nc1nc2ccc(C(F)(F)F)cc2s1. The Balaban J connectivity index is 2.37. The van der Waals surface area contributed by atoms with Gasteiger partial charge < -0.3 is 5.32 Å². The third-order valence-electron chi connectivity index (χ3n) is 2.08. The third kappa shape index (κ3) is 2.73. The van der Waals surface area contributed by atoms with Gasteiger partial charge in [0.05, 0.1) is 15.8 Å². The maximum atomic E-state index is 12.5. The highest BCUT2D eigenvalue weighted by molar-refractivity contribution is 7.22. The van der Waals surface area contributed by atoms with Gasteiger partial charge in [0.2, 0.25) is 5.91 Å². The molecule has 18 heavy (non-hydrogen) atoms. The highest BCUT2D eigenvalue weighted by atomic mass is 35.5. The van der Waals surface area contributed by atoms with Gasteiger partial charge in [-0.25, -0.2) is 4.98 Å². The van der Waals surface area contributed by atoms with Gasteiger partial charge in [0.15, 0.2) is 5.13 Å². The molecule has 0 bridgehead atoms. The lowest BCUT2D eigenvalue weighted by molar-refractivity contribution is -0.137. The Morgan fingerprint density at radius 3 is 2.78 bits per heavy atom. The van der Waals surface area contributed by atoms with Gasteiger partial charge in [-0.15, -0.1) is 11.6 Å². The minimum atomic E-state index is -4.39. The van der Waals surface area contributed by atoms with Crippen LogP contribution in [0.4, 0.5) is 18.3 Å². The summed E-state index contributed by atoms with van der Waals surface area (Å²) in [6.45, 7) is 0. The Morgan fingerprint density at radius 2 is 2.17 bits per heavy atom. The van der Waals surface area contributed by atoms with Gasteiger partial charge in [0, 0.05) is 0 Å². The number of hydrogen-bond acceptors (Lipinski definition) is 3. The van der Waals surface area contributed by atoms with E-state index < -0.39 is 17.6 Å². The molecule has 0 aliphatic rings. The van der Waals surface area contributed by atoms with Crippen molar-refractivity contribution in [2.75, 3.05) is 11.2 Å². The molecule has 1 aromatic heterocycles. The highest BCUT2D eigenvalue weighted by Crippen LogP contribution is 2.34. The van der Waals surface area contributed by atoms with Crippen molar-refractivity contribution in [1.82, 2.24) is 4.98 Å². The van der Waals surface area contributed by atoms with Crippen LogP contribution in [0.1, 0.15) is 5.56 Å². The first-order chi connectivity index (χ1) is 8.40. The van der Waals surface area contributed by atoms with Crippen LogP contribution < -0.4 is 5.32 Å². The zero-order valence-electron chi connectivity index (χ0n) is 8.71. The average molecular weight is 295 g/mol. The molecule has 2 aromatic rings. The van der Waals surface area contributed by atoms with Crippen LogP contribution in [-0.4, -0.2) is 16.8 Å². The first-order valence-electron chi connectivity index (χ1n) is 4.74. The molecule has 0 aliphatic carbocycles. The minimum absolute atomic E-state index is 0.231. The van der Waals surface area contributed by atoms with E-state index in [-0.39, 0.29) is 11.0 Å². The maximum Gasteiger partial charge on any atom is 0.416 e. The zero-order chi connectivity index (χ0) is 13.3. The largest absolute Gasteiger partial charge is 0.416 e. The number of hydrogen-bond donors (Lipinski definition) is 1. The van der Waals surface area contributed by atoms with Crippen LogP contribution in [0.25, 0.3) is 10.2 Å². The van der Waals surface area contributed by atoms with Gasteiger partial charge in [-0.3, -0.25) is 4.79 Å². The van der Waals surface area contributed by atoms with E-state index in [1.807, 2.05) is 0 Å². The summed E-state index contributed by atoms with van der Waals surface area (Å²) in [5, 5.41) is 2.63. The number of nitrogens with zero attached hydrogens (tertiary/aromatic N) is 1. The maximum absolute atomic E-state index is 12.5. The molecule has 1 aromatic carbocycles. The summed E-state index contributed by atoms with van der Waals surface area (Å²) in [5.41, 5.74) is -0.341. The number of fused-ring (bicyclic) bond motifs is 1. The predicted octanol–water partition coefficient (Wildman–Crippen LogP) is 3.49. The lowest BCUT2D eigenvalue weighted by Gasteiger charge is -2.04. The van der Waals surface area contributed by atoms with E-state index in [0.717, 1.165) is 23.5 Å². The van der Waals surface area contributed by atoms with Crippen LogP contribution >= 0.6 is 22.9 Å². The fourth-order valence-corrected chi connectivity index (χ4v) is 2.30. The second-order valence-electron chi connectivity index (χ2n) is 3.38. The Labute approximate surface area is 109 Å². The third-order valence-corrected chi connectivity index (χ3v) is 3.26. The van der Waals surface area contributed by atoms with Crippen LogP contribution in [0, 0.1) is 0 Å². The molecule has 0 saturated heterocycles. The number of aromatic nitrogens is 1. The van der Waals surface area contributed by atoms with Crippen molar-refractivity contribution in [3.8, 4) is 0 Å². The normalized spacial score (nSPS) is 11.8. The van der Waals surface area contributed by atoms with E-state index in [2.05, 4.69) is 10.3 Å². The summed E-state index contributed by atoms with van der Waals surface area (Å²) in [7, 11) is 0. The van der Waals surface area contributed by atoms with Crippen molar-refractivity contribution in [1.29, 1.82) is 0 Å². The van der Waals surface area contributed by atoms with Crippen molar-refractivity contribution in [3.63, 3.8) is 0 Å². The van der Waals surface area contributed by atoms with Crippen LogP contribution in [0.2, 0.25) is 0 Å². The number of carbonyl (C=O) groups is 1. The highest BCUT2D eigenvalue weighted by Gasteiger charge is 2.30. The molecule has 0 saturated carbocycles. The number of benzene rings is 1. The molecule has 0 radical (unpaired) electrons. The summed E-state index contributed by atoms with van der Waals surface area (Å²) >= 11 is 6.27. The van der Waals surface area contributed by atoms with Gasteiger partial charge in [0.25, 0.3) is 0 Å². The van der Waals surface area contributed by atoms with Gasteiger partial charge >= 0.3 is 6.18 Å². The Hall–Kier alpha value is -1.34. The van der Waals surface area contributed by atoms with Crippen molar-refractivity contribution < 1.29 is 18.0 Å². The lowest BCUT2D eigenvalue weighted by atomic mass is 10.2. The first kappa shape index (κ1) is 13.1. The molecular formula is C10H6ClF3N2OS. The monoisotopic (exact) mass is 294 g/mol. The average Bonchev–Trinajstić information content (AvgIpc) is 2.68. The van der Waals surface area contributed by atoms with Crippen LogP contribution in [0.5, 0.6) is 0 Å². The van der Waals surface area contributed by atoms with Crippen molar-refractivity contribution >= 4 is 44.2 Å². The molecule has 0 unspecified atom stereocenters. The molecule has 0 fully saturated rings. The topological polar surface area (TPSA) is 42.0 Å².